The molecule has 1 aromatic heterocycles. The number of nitrogens with zero attached hydrogens (tertiary/aromatic N) is 2. The average Bonchev–Trinajstić information content (AvgIpc) is 2.89. The lowest BCUT2D eigenvalue weighted by Gasteiger charge is -2.36. The molecule has 3 rings (SSSR count). The van der Waals surface area contributed by atoms with Gasteiger partial charge in [0, 0.05) is 36.7 Å². The molecule has 12 nitrogen and oxygen atoms in total. The molecule has 0 aliphatic carbocycles. The minimum atomic E-state index is -2.27. The molecular weight excluding hydrogens is 520 g/mol. The summed E-state index contributed by atoms with van der Waals surface area (Å²) in [5.74, 6) is -3.26. The van der Waals surface area contributed by atoms with Crippen LogP contribution in [0.1, 0.15) is 37.0 Å². The van der Waals surface area contributed by atoms with Crippen LogP contribution < -0.4 is 11.1 Å². The van der Waals surface area contributed by atoms with Gasteiger partial charge in [0.1, 0.15) is 0 Å². The standard InChI is InChI=1S/C21H29ClN4O2.C4H6O6/c1-21(2,13-27)12-26-8-5-14(6-9-26)11-25-20(28)16-10-17(22)18(23)15-4-3-7-24-19(15)16;5-1(3(7)8)2(6)4(9)10/h3-4,7,10,14,27H,5-6,8-9,11-13,23H2,1-2H3,(H,25,28);1-2,5-6H,(H,7,8)(H,9,10)/t;1-,2-/m.1/s1. The van der Waals surface area contributed by atoms with Crippen molar-refractivity contribution in [1.82, 2.24) is 15.2 Å². The number of pyridine rings is 1. The maximum absolute atomic E-state index is 12.8. The number of nitrogen functional groups attached to an aromatic ring is 1. The van der Waals surface area contributed by atoms with Crippen LogP contribution in [0.15, 0.2) is 24.4 Å². The number of hydrogen-bond acceptors (Lipinski definition) is 9. The second-order valence-electron chi connectivity index (χ2n) is 10.0. The molecule has 2 heterocycles. The predicted molar refractivity (Wildman–Crippen MR) is 141 cm³/mol. The molecule has 38 heavy (non-hydrogen) atoms. The van der Waals surface area contributed by atoms with Crippen molar-refractivity contribution >= 4 is 46.0 Å². The van der Waals surface area contributed by atoms with Crippen molar-refractivity contribution in [3.63, 3.8) is 0 Å². The molecule has 0 spiro atoms. The first kappa shape index (κ1) is 31.2. The number of carboxylic acids is 2. The Balaban J connectivity index is 0.000000432. The number of aliphatic carboxylic acids is 2. The highest BCUT2D eigenvalue weighted by atomic mass is 35.5. The van der Waals surface area contributed by atoms with Gasteiger partial charge in [-0.25, -0.2) is 9.59 Å². The highest BCUT2D eigenvalue weighted by molar-refractivity contribution is 6.35. The van der Waals surface area contributed by atoms with Gasteiger partial charge in [-0.05, 0) is 50.0 Å². The Morgan fingerprint density at radius 1 is 1.18 bits per heavy atom. The maximum atomic E-state index is 12.8. The summed E-state index contributed by atoms with van der Waals surface area (Å²) in [7, 11) is 0. The summed E-state index contributed by atoms with van der Waals surface area (Å²) in [6.45, 7) is 7.85. The van der Waals surface area contributed by atoms with Crippen LogP contribution in [0.4, 0.5) is 5.69 Å². The molecule has 1 aromatic carbocycles. The molecule has 1 fully saturated rings. The van der Waals surface area contributed by atoms with Crippen molar-refractivity contribution in [3.05, 3.63) is 35.0 Å². The van der Waals surface area contributed by atoms with Gasteiger partial charge in [-0.1, -0.05) is 25.4 Å². The van der Waals surface area contributed by atoms with Crippen molar-refractivity contribution in [2.45, 2.75) is 38.9 Å². The molecule has 0 saturated carbocycles. The molecule has 0 bridgehead atoms. The van der Waals surface area contributed by atoms with E-state index in [9.17, 15) is 19.5 Å². The molecule has 13 heteroatoms. The molecule has 2 aromatic rings. The number of carboxylic acid groups (broad SMARTS) is 2. The molecule has 0 unspecified atom stereocenters. The van der Waals surface area contributed by atoms with E-state index in [1.807, 2.05) is 6.07 Å². The van der Waals surface area contributed by atoms with E-state index in [1.54, 1.807) is 18.3 Å². The summed E-state index contributed by atoms with van der Waals surface area (Å²) in [6.07, 6.45) is -0.821. The van der Waals surface area contributed by atoms with E-state index in [4.69, 9.17) is 37.8 Å². The van der Waals surface area contributed by atoms with E-state index < -0.39 is 24.1 Å². The Kier molecular flexibility index (Phi) is 11.2. The molecular formula is C25H35ClN4O8. The lowest BCUT2D eigenvalue weighted by molar-refractivity contribution is -0.165. The first-order valence-corrected chi connectivity index (χ1v) is 12.4. The molecule has 0 radical (unpaired) electrons. The van der Waals surface area contributed by atoms with E-state index in [0.29, 0.717) is 39.6 Å². The van der Waals surface area contributed by atoms with Crippen molar-refractivity contribution in [2.75, 3.05) is 38.5 Å². The second-order valence-corrected chi connectivity index (χ2v) is 10.4. The number of rotatable bonds is 9. The number of hydrogen-bond donors (Lipinski definition) is 7. The van der Waals surface area contributed by atoms with Crippen molar-refractivity contribution < 1.29 is 39.9 Å². The number of nitrogens with one attached hydrogen (secondary N) is 1. The predicted octanol–water partition coefficient (Wildman–Crippen LogP) is 0.808. The third kappa shape index (κ3) is 8.50. The first-order chi connectivity index (χ1) is 17.8. The smallest absolute Gasteiger partial charge is 0.335 e. The number of carbonyl (C=O) groups is 3. The number of halogens is 1. The number of fused-ring (bicyclic) bond motifs is 1. The molecule has 210 valence electrons. The molecule has 1 aliphatic heterocycles. The third-order valence-corrected chi connectivity index (χ3v) is 6.58. The summed E-state index contributed by atoms with van der Waals surface area (Å²) in [4.78, 5) is 39.0. The lowest BCUT2D eigenvalue weighted by atomic mass is 9.91. The largest absolute Gasteiger partial charge is 0.479 e. The van der Waals surface area contributed by atoms with Gasteiger partial charge in [0.25, 0.3) is 5.91 Å². The zero-order valence-corrected chi connectivity index (χ0v) is 22.1. The number of aromatic nitrogens is 1. The lowest BCUT2D eigenvalue weighted by Crippen LogP contribution is -2.43. The average molecular weight is 555 g/mol. The number of likely N-dealkylation sites (tertiary alicyclic amines) is 1. The van der Waals surface area contributed by atoms with Gasteiger partial charge in [-0.15, -0.1) is 0 Å². The van der Waals surface area contributed by atoms with Gasteiger partial charge in [0.05, 0.1) is 21.8 Å². The number of aliphatic hydroxyl groups excluding tert-OH is 3. The highest BCUT2D eigenvalue weighted by Gasteiger charge is 2.29. The number of anilines is 1. The fraction of sp³-hybridized carbons (Fsp3) is 0.520. The van der Waals surface area contributed by atoms with E-state index in [0.717, 1.165) is 32.5 Å². The van der Waals surface area contributed by atoms with E-state index in [1.165, 1.54) is 0 Å². The van der Waals surface area contributed by atoms with E-state index >= 15 is 0 Å². The SMILES string of the molecule is CC(C)(CO)CN1CCC(CNC(=O)c2cc(Cl)c(N)c3cccnc23)CC1.O=C(O)[C@H](O)[C@@H](O)C(=O)O. The minimum Gasteiger partial charge on any atom is -0.479 e. The van der Waals surface area contributed by atoms with Gasteiger partial charge in [0.15, 0.2) is 12.2 Å². The Morgan fingerprint density at radius 2 is 1.76 bits per heavy atom. The zero-order valence-electron chi connectivity index (χ0n) is 21.3. The quantitative estimate of drug-likeness (QED) is 0.216. The van der Waals surface area contributed by atoms with Gasteiger partial charge in [-0.3, -0.25) is 9.78 Å². The Hall–Kier alpha value is -3.03. The van der Waals surface area contributed by atoms with Crippen LogP contribution in [0.2, 0.25) is 5.02 Å². The number of aliphatic hydroxyl groups is 3. The van der Waals surface area contributed by atoms with Crippen LogP contribution in [-0.4, -0.2) is 98.3 Å². The van der Waals surface area contributed by atoms with Crippen molar-refractivity contribution in [2.24, 2.45) is 11.3 Å². The monoisotopic (exact) mass is 554 g/mol. The maximum Gasteiger partial charge on any atom is 0.335 e. The van der Waals surface area contributed by atoms with Crippen LogP contribution >= 0.6 is 11.6 Å². The van der Waals surface area contributed by atoms with Gasteiger partial charge >= 0.3 is 11.9 Å². The van der Waals surface area contributed by atoms with Gasteiger partial charge in [0.2, 0.25) is 0 Å². The summed E-state index contributed by atoms with van der Waals surface area (Å²) >= 11 is 6.21. The normalized spacial score (nSPS) is 16.3. The van der Waals surface area contributed by atoms with E-state index in [2.05, 4.69) is 29.0 Å². The topological polar surface area (TPSA) is 207 Å². The molecule has 1 saturated heterocycles. The molecule has 2 atom stereocenters. The van der Waals surface area contributed by atoms with E-state index in [-0.39, 0.29) is 17.9 Å². The zero-order chi connectivity index (χ0) is 28.6. The van der Waals surface area contributed by atoms with Crippen LogP contribution in [0.3, 0.4) is 0 Å². The summed E-state index contributed by atoms with van der Waals surface area (Å²) in [6, 6.07) is 5.20. The number of carbonyl (C=O) groups excluding carboxylic acids is 1. The molecule has 1 aliphatic rings. The molecule has 1 amide bonds. The summed E-state index contributed by atoms with van der Waals surface area (Å²) in [5.41, 5.74) is 7.41. The van der Waals surface area contributed by atoms with Crippen LogP contribution in [0, 0.1) is 11.3 Å². The first-order valence-electron chi connectivity index (χ1n) is 12.0. The number of amides is 1. The highest BCUT2D eigenvalue weighted by Crippen LogP contribution is 2.30. The Bertz CT molecular complexity index is 1120. The number of benzene rings is 1. The summed E-state index contributed by atoms with van der Waals surface area (Å²) in [5, 5.41) is 46.1. The fourth-order valence-corrected chi connectivity index (χ4v) is 4.23. The fourth-order valence-electron chi connectivity index (χ4n) is 4.02. The Labute approximate surface area is 225 Å². The van der Waals surface area contributed by atoms with Crippen LogP contribution in [-0.2, 0) is 9.59 Å². The molecule has 8 N–H and O–H groups in total. The minimum absolute atomic E-state index is 0.0798. The van der Waals surface area contributed by atoms with Crippen molar-refractivity contribution in [3.8, 4) is 0 Å². The van der Waals surface area contributed by atoms with Crippen LogP contribution in [0.5, 0.6) is 0 Å². The van der Waals surface area contributed by atoms with Crippen LogP contribution in [0.25, 0.3) is 10.9 Å². The summed E-state index contributed by atoms with van der Waals surface area (Å²) < 4.78 is 0. The number of nitrogens with two attached hydrogens (primary N) is 1. The van der Waals surface area contributed by atoms with Gasteiger partial charge in [-0.2, -0.15) is 0 Å². The number of piperidine rings is 1. The Morgan fingerprint density at radius 3 is 2.29 bits per heavy atom. The van der Waals surface area contributed by atoms with Crippen molar-refractivity contribution in [1.29, 1.82) is 0 Å². The second kappa shape index (κ2) is 13.7. The van der Waals surface area contributed by atoms with Gasteiger partial charge < -0.3 is 41.5 Å². The third-order valence-electron chi connectivity index (χ3n) is 6.27.